The minimum absolute atomic E-state index is 0.253. The van der Waals surface area contributed by atoms with Crippen LogP contribution >= 0.6 is 11.3 Å². The predicted octanol–water partition coefficient (Wildman–Crippen LogP) is 6.87. The van der Waals surface area contributed by atoms with Crippen LogP contribution in [0.15, 0.2) is 78.9 Å². The van der Waals surface area contributed by atoms with Crippen LogP contribution in [-0.2, 0) is 0 Å². The van der Waals surface area contributed by atoms with Gasteiger partial charge in [-0.15, -0.1) is 11.3 Å². The van der Waals surface area contributed by atoms with Crippen LogP contribution in [0.5, 0.6) is 5.75 Å². The van der Waals surface area contributed by atoms with Crippen LogP contribution in [0.2, 0.25) is 0 Å². The van der Waals surface area contributed by atoms with Gasteiger partial charge in [-0.1, -0.05) is 48.5 Å². The zero-order chi connectivity index (χ0) is 19.1. The number of phenols is 1. The number of rotatable bonds is 0. The van der Waals surface area contributed by atoms with Gasteiger partial charge in [0.25, 0.3) is 0 Å². The minimum Gasteiger partial charge on any atom is -0.508 e. The topological polar surface area (TPSA) is 37.5 Å². The predicted molar refractivity (Wildman–Crippen MR) is 122 cm³/mol. The normalized spacial score (nSPS) is 12.3. The van der Waals surface area contributed by atoms with Crippen molar-refractivity contribution in [2.75, 3.05) is 0 Å². The number of fused-ring (bicyclic) bond motifs is 12. The molecule has 0 amide bonds. The quantitative estimate of drug-likeness (QED) is 0.287. The molecule has 0 bridgehead atoms. The summed E-state index contributed by atoms with van der Waals surface area (Å²) in [5, 5.41) is 16.2. The Balaban J connectivity index is 1.93. The van der Waals surface area contributed by atoms with Gasteiger partial charge in [0.05, 0.1) is 16.6 Å². The van der Waals surface area contributed by atoms with Crippen molar-refractivity contribution >= 4 is 69.9 Å². The Morgan fingerprint density at radius 1 is 0.724 bits per heavy atom. The van der Waals surface area contributed by atoms with Crippen molar-refractivity contribution in [3.63, 3.8) is 0 Å². The number of hydrogen-bond acceptors (Lipinski definition) is 3. The summed E-state index contributed by atoms with van der Waals surface area (Å²) in [5.74, 6) is 0.253. The average molecular weight is 390 g/mol. The van der Waals surface area contributed by atoms with Gasteiger partial charge in [-0.2, -0.15) is 0 Å². The molecule has 7 rings (SSSR count). The second-order valence-electron chi connectivity index (χ2n) is 7.42. The van der Waals surface area contributed by atoms with E-state index in [0.717, 1.165) is 27.6 Å². The second kappa shape index (κ2) is 5.25. The Hall–Kier alpha value is -3.63. The number of pyridine rings is 1. The molecule has 3 nitrogen and oxygen atoms in total. The lowest BCUT2D eigenvalue weighted by Gasteiger charge is -2.10. The molecule has 4 aromatic carbocycles. The van der Waals surface area contributed by atoms with Crippen molar-refractivity contribution in [3.8, 4) is 5.75 Å². The van der Waals surface area contributed by atoms with Crippen molar-refractivity contribution in [2.45, 2.75) is 0 Å². The van der Waals surface area contributed by atoms with Gasteiger partial charge in [0.2, 0.25) is 0 Å². The lowest BCUT2D eigenvalue weighted by Crippen LogP contribution is -1.92. The number of nitrogens with zero attached hydrogens (tertiary/aromatic N) is 2. The first-order valence-electron chi connectivity index (χ1n) is 9.55. The third kappa shape index (κ3) is 1.89. The highest BCUT2D eigenvalue weighted by Gasteiger charge is 2.18. The molecule has 3 heterocycles. The van der Waals surface area contributed by atoms with E-state index in [2.05, 4.69) is 65.1 Å². The highest BCUT2D eigenvalue weighted by Crippen LogP contribution is 2.42. The summed E-state index contributed by atoms with van der Waals surface area (Å²) in [7, 11) is 0. The fraction of sp³-hybridized carbons (Fsp3) is 0. The molecular weight excluding hydrogens is 376 g/mol. The zero-order valence-corrected chi connectivity index (χ0v) is 16.1. The van der Waals surface area contributed by atoms with Crippen molar-refractivity contribution < 1.29 is 5.11 Å². The Morgan fingerprint density at radius 3 is 2.41 bits per heavy atom. The third-order valence-electron chi connectivity index (χ3n) is 5.84. The van der Waals surface area contributed by atoms with Crippen LogP contribution in [0.1, 0.15) is 0 Å². The van der Waals surface area contributed by atoms with Gasteiger partial charge in [-0.3, -0.25) is 4.40 Å². The highest BCUT2D eigenvalue weighted by atomic mass is 32.1. The number of aromatic hydroxyl groups is 1. The largest absolute Gasteiger partial charge is 0.508 e. The number of thiophene rings is 1. The summed E-state index contributed by atoms with van der Waals surface area (Å²) < 4.78 is 4.77. The van der Waals surface area contributed by atoms with Crippen LogP contribution in [0.3, 0.4) is 0 Å². The molecule has 3 aromatic heterocycles. The SMILES string of the molecule is Oc1ccc2nc3c4ccccc4c4ccc5sc6ccccc6c5c4n3c2c1. The van der Waals surface area contributed by atoms with Crippen LogP contribution in [0.4, 0.5) is 0 Å². The molecule has 0 aliphatic rings. The monoisotopic (exact) mass is 390 g/mol. The number of phenolic OH excluding ortho intramolecular Hbond substituents is 1. The van der Waals surface area contributed by atoms with Crippen molar-refractivity contribution in [2.24, 2.45) is 0 Å². The molecule has 29 heavy (non-hydrogen) atoms. The van der Waals surface area contributed by atoms with Gasteiger partial charge in [-0.05, 0) is 29.7 Å². The summed E-state index contributed by atoms with van der Waals surface area (Å²) in [6, 6.07) is 26.9. The zero-order valence-electron chi connectivity index (χ0n) is 15.3. The molecule has 4 heteroatoms. The maximum absolute atomic E-state index is 10.2. The summed E-state index contributed by atoms with van der Waals surface area (Å²) >= 11 is 1.82. The number of imidazole rings is 1. The van der Waals surface area contributed by atoms with E-state index in [9.17, 15) is 5.11 Å². The third-order valence-corrected chi connectivity index (χ3v) is 6.97. The Morgan fingerprint density at radius 2 is 1.52 bits per heavy atom. The van der Waals surface area contributed by atoms with Gasteiger partial charge in [-0.25, -0.2) is 4.98 Å². The number of aromatic nitrogens is 2. The van der Waals surface area contributed by atoms with Crippen molar-refractivity contribution in [1.29, 1.82) is 0 Å². The Kier molecular flexibility index (Phi) is 2.77. The van der Waals surface area contributed by atoms with E-state index in [1.54, 1.807) is 6.07 Å². The van der Waals surface area contributed by atoms with E-state index in [1.165, 1.54) is 30.9 Å². The molecule has 0 aliphatic carbocycles. The van der Waals surface area contributed by atoms with Gasteiger partial charge >= 0.3 is 0 Å². The van der Waals surface area contributed by atoms with E-state index in [0.29, 0.717) is 0 Å². The Labute approximate surface area is 169 Å². The molecule has 0 radical (unpaired) electrons. The first kappa shape index (κ1) is 15.3. The van der Waals surface area contributed by atoms with E-state index in [1.807, 2.05) is 23.5 Å². The number of benzene rings is 4. The molecular formula is C25H14N2OS. The van der Waals surface area contributed by atoms with Gasteiger partial charge in [0.15, 0.2) is 0 Å². The molecule has 0 spiro atoms. The van der Waals surface area contributed by atoms with Gasteiger partial charge in [0.1, 0.15) is 11.4 Å². The number of hydrogen-bond donors (Lipinski definition) is 1. The maximum Gasteiger partial charge on any atom is 0.146 e. The molecule has 0 fully saturated rings. The van der Waals surface area contributed by atoms with Gasteiger partial charge in [0, 0.05) is 37.0 Å². The minimum atomic E-state index is 0.253. The van der Waals surface area contributed by atoms with E-state index >= 15 is 0 Å². The highest BCUT2D eigenvalue weighted by molar-refractivity contribution is 7.26. The maximum atomic E-state index is 10.2. The fourth-order valence-corrected chi connectivity index (χ4v) is 5.74. The summed E-state index contributed by atoms with van der Waals surface area (Å²) in [5.41, 5.74) is 3.90. The first-order chi connectivity index (χ1) is 14.3. The van der Waals surface area contributed by atoms with Crippen LogP contribution < -0.4 is 0 Å². The van der Waals surface area contributed by atoms with Crippen LogP contribution in [0.25, 0.3) is 58.5 Å². The molecule has 136 valence electrons. The van der Waals surface area contributed by atoms with Crippen molar-refractivity contribution in [3.05, 3.63) is 78.9 Å². The average Bonchev–Trinajstić information content (AvgIpc) is 3.32. The van der Waals surface area contributed by atoms with E-state index < -0.39 is 0 Å². The summed E-state index contributed by atoms with van der Waals surface area (Å²) in [4.78, 5) is 4.96. The first-order valence-corrected chi connectivity index (χ1v) is 10.4. The molecule has 0 aliphatic heterocycles. The summed E-state index contributed by atoms with van der Waals surface area (Å²) in [6.07, 6.45) is 0. The Bertz CT molecular complexity index is 1770. The summed E-state index contributed by atoms with van der Waals surface area (Å²) in [6.45, 7) is 0. The molecule has 7 aromatic rings. The molecule has 0 atom stereocenters. The molecule has 0 saturated heterocycles. The van der Waals surface area contributed by atoms with Crippen molar-refractivity contribution in [1.82, 2.24) is 9.38 Å². The lowest BCUT2D eigenvalue weighted by atomic mass is 10.0. The van der Waals surface area contributed by atoms with Crippen LogP contribution in [-0.4, -0.2) is 14.5 Å². The van der Waals surface area contributed by atoms with Crippen LogP contribution in [0, 0.1) is 0 Å². The second-order valence-corrected chi connectivity index (χ2v) is 8.51. The fourth-order valence-electron chi connectivity index (χ4n) is 4.63. The smallest absolute Gasteiger partial charge is 0.146 e. The van der Waals surface area contributed by atoms with E-state index in [4.69, 9.17) is 4.98 Å². The molecule has 0 saturated carbocycles. The molecule has 1 N–H and O–H groups in total. The molecule has 0 unspecified atom stereocenters. The lowest BCUT2D eigenvalue weighted by molar-refractivity contribution is 0.476. The van der Waals surface area contributed by atoms with E-state index in [-0.39, 0.29) is 5.75 Å². The standard InChI is InChI=1S/C25H14N2OS/c28-14-9-11-19-20(13-14)27-24-16(15-5-1-2-6-17(15)25(27)26-19)10-12-22-23(24)18-7-3-4-8-21(18)29-22/h1-13,28H. The van der Waals surface area contributed by atoms with Gasteiger partial charge < -0.3 is 5.11 Å².